The molecule has 0 radical (unpaired) electrons. The molecule has 0 heterocycles. The van der Waals surface area contributed by atoms with Gasteiger partial charge in [0, 0.05) is 6.42 Å². The maximum atomic E-state index is 13.0. The Kier molecular flexibility index (Phi) is 59.3. The van der Waals surface area contributed by atoms with Crippen molar-refractivity contribution in [1.29, 1.82) is 0 Å². The number of rotatable bonds is 64. The fraction of sp³-hybridized carbons (Fsp3) is 0.899. The number of carbonyl (C=O) groups excluding carboxylic acids is 1. The van der Waals surface area contributed by atoms with Crippen LogP contribution in [-0.2, 0) is 18.4 Å². The van der Waals surface area contributed by atoms with E-state index in [0.29, 0.717) is 17.4 Å². The van der Waals surface area contributed by atoms with Crippen LogP contribution >= 0.6 is 7.82 Å². The molecule has 78 heavy (non-hydrogen) atoms. The second-order valence-corrected chi connectivity index (χ2v) is 26.3. The van der Waals surface area contributed by atoms with E-state index in [1.54, 1.807) is 6.08 Å². The van der Waals surface area contributed by atoms with Crippen molar-refractivity contribution in [3.8, 4) is 0 Å². The molecule has 0 rings (SSSR count). The molecular weight excluding hydrogens is 984 g/mol. The first kappa shape index (κ1) is 76.7. The smallest absolute Gasteiger partial charge is 0.268 e. The van der Waals surface area contributed by atoms with Gasteiger partial charge in [-0.25, -0.2) is 0 Å². The predicted molar refractivity (Wildman–Crippen MR) is 339 cm³/mol. The number of carbonyl (C=O) groups is 1. The van der Waals surface area contributed by atoms with Crippen LogP contribution in [0.4, 0.5) is 0 Å². The molecule has 0 aromatic carbocycles. The number of nitrogens with zero attached hydrogens (tertiary/aromatic N) is 1. The Balaban J connectivity index is 4.12. The predicted octanol–water partition coefficient (Wildman–Crippen LogP) is 21.0. The zero-order valence-electron chi connectivity index (χ0n) is 52.9. The quantitative estimate of drug-likeness (QED) is 0.0272. The molecule has 9 heteroatoms. The highest BCUT2D eigenvalue weighted by Crippen LogP contribution is 2.38. The summed E-state index contributed by atoms with van der Waals surface area (Å²) in [6.07, 6.45) is 79.9. The van der Waals surface area contributed by atoms with Crippen molar-refractivity contribution in [3.63, 3.8) is 0 Å². The van der Waals surface area contributed by atoms with Gasteiger partial charge in [-0.1, -0.05) is 333 Å². The maximum absolute atomic E-state index is 13.0. The summed E-state index contributed by atoms with van der Waals surface area (Å²) < 4.78 is 23.4. The molecule has 8 nitrogen and oxygen atoms in total. The van der Waals surface area contributed by atoms with Gasteiger partial charge in [0.05, 0.1) is 39.9 Å². The van der Waals surface area contributed by atoms with Crippen LogP contribution in [0.1, 0.15) is 348 Å². The normalized spacial score (nSPS) is 13.9. The van der Waals surface area contributed by atoms with Gasteiger partial charge in [-0.2, -0.15) is 0 Å². The molecule has 0 aromatic heterocycles. The average molecular weight is 1120 g/mol. The molecule has 0 saturated heterocycles. The number of aliphatic hydroxyl groups excluding tert-OH is 1. The number of amides is 1. The lowest BCUT2D eigenvalue weighted by Gasteiger charge is -2.29. The van der Waals surface area contributed by atoms with Gasteiger partial charge in [0.15, 0.2) is 0 Å². The summed E-state index contributed by atoms with van der Waals surface area (Å²) in [5, 5.41) is 13.9. The molecule has 0 fully saturated rings. The van der Waals surface area contributed by atoms with Gasteiger partial charge in [-0.15, -0.1) is 0 Å². The van der Waals surface area contributed by atoms with Gasteiger partial charge < -0.3 is 28.8 Å². The summed E-state index contributed by atoms with van der Waals surface area (Å²) in [7, 11) is 1.25. The van der Waals surface area contributed by atoms with Crippen LogP contribution in [-0.4, -0.2) is 68.5 Å². The number of nitrogens with one attached hydrogen (secondary N) is 1. The Morgan fingerprint density at radius 3 is 1.04 bits per heavy atom. The minimum Gasteiger partial charge on any atom is -0.756 e. The van der Waals surface area contributed by atoms with Crippen molar-refractivity contribution >= 4 is 13.7 Å². The van der Waals surface area contributed by atoms with E-state index in [1.165, 1.54) is 283 Å². The number of hydrogen-bond acceptors (Lipinski definition) is 6. The van der Waals surface area contributed by atoms with Gasteiger partial charge in [-0.05, 0) is 44.9 Å². The zero-order valence-corrected chi connectivity index (χ0v) is 53.8. The number of hydrogen-bond donors (Lipinski definition) is 2. The molecule has 462 valence electrons. The van der Waals surface area contributed by atoms with E-state index in [1.807, 2.05) is 27.2 Å². The monoisotopic (exact) mass is 1120 g/mol. The molecule has 1 amide bonds. The summed E-state index contributed by atoms with van der Waals surface area (Å²) >= 11 is 0. The summed E-state index contributed by atoms with van der Waals surface area (Å²) in [4.78, 5) is 25.6. The van der Waals surface area contributed by atoms with Crippen LogP contribution < -0.4 is 10.2 Å². The van der Waals surface area contributed by atoms with Crippen LogP contribution in [0.25, 0.3) is 0 Å². The molecule has 0 aliphatic carbocycles. The fourth-order valence-electron chi connectivity index (χ4n) is 10.5. The van der Waals surface area contributed by atoms with Crippen LogP contribution in [0.3, 0.4) is 0 Å². The SMILES string of the molecule is CCCCCCCCCCCCCCCCCCCCCCC/C=C/CC/C=C/CC/C=C/C(O)C(COP(=O)([O-])OCC[N+](C)(C)C)NC(=O)CCCCCCCCCCCCCCCCCCCCCCCCCCC. The highest BCUT2D eigenvalue weighted by Gasteiger charge is 2.23. The average Bonchev–Trinajstić information content (AvgIpc) is 3.41. The van der Waals surface area contributed by atoms with Gasteiger partial charge in [-0.3, -0.25) is 9.36 Å². The van der Waals surface area contributed by atoms with E-state index in [-0.39, 0.29) is 12.5 Å². The summed E-state index contributed by atoms with van der Waals surface area (Å²) in [5.74, 6) is -0.204. The van der Waals surface area contributed by atoms with Crippen molar-refractivity contribution in [3.05, 3.63) is 36.5 Å². The number of aliphatic hydroxyl groups is 1. The summed E-state index contributed by atoms with van der Waals surface area (Å²) in [6.45, 7) is 4.68. The Morgan fingerprint density at radius 1 is 0.436 bits per heavy atom. The Morgan fingerprint density at radius 2 is 0.718 bits per heavy atom. The summed E-state index contributed by atoms with van der Waals surface area (Å²) in [6, 6.07) is -0.909. The molecule has 2 N–H and O–H groups in total. The topological polar surface area (TPSA) is 108 Å². The minimum absolute atomic E-state index is 0.00710. The number of quaternary nitrogens is 1. The largest absolute Gasteiger partial charge is 0.756 e. The third-order valence-electron chi connectivity index (χ3n) is 15.8. The molecule has 0 aliphatic heterocycles. The molecule has 0 bridgehead atoms. The lowest BCUT2D eigenvalue weighted by molar-refractivity contribution is -0.870. The first-order valence-electron chi connectivity index (χ1n) is 34.4. The first-order valence-corrected chi connectivity index (χ1v) is 35.8. The van der Waals surface area contributed by atoms with Gasteiger partial charge in [0.2, 0.25) is 5.91 Å². The van der Waals surface area contributed by atoms with E-state index >= 15 is 0 Å². The maximum Gasteiger partial charge on any atom is 0.268 e. The highest BCUT2D eigenvalue weighted by molar-refractivity contribution is 7.45. The van der Waals surface area contributed by atoms with E-state index < -0.39 is 26.6 Å². The van der Waals surface area contributed by atoms with Crippen LogP contribution in [0.2, 0.25) is 0 Å². The molecule has 0 spiro atoms. The number of unbranched alkanes of at least 4 members (excludes halogenated alkanes) is 47. The molecule has 0 aliphatic rings. The lowest BCUT2D eigenvalue weighted by Crippen LogP contribution is -2.45. The van der Waals surface area contributed by atoms with Crippen molar-refractivity contribution in [1.82, 2.24) is 5.32 Å². The van der Waals surface area contributed by atoms with Gasteiger partial charge in [0.25, 0.3) is 7.82 Å². The highest BCUT2D eigenvalue weighted by atomic mass is 31.2. The molecule has 0 saturated carbocycles. The van der Waals surface area contributed by atoms with E-state index in [0.717, 1.165) is 44.9 Å². The second kappa shape index (κ2) is 60.3. The van der Waals surface area contributed by atoms with Crippen LogP contribution in [0, 0.1) is 0 Å². The first-order chi connectivity index (χ1) is 38.0. The van der Waals surface area contributed by atoms with Crippen molar-refractivity contribution in [2.24, 2.45) is 0 Å². The van der Waals surface area contributed by atoms with Crippen molar-refractivity contribution in [2.45, 2.75) is 360 Å². The van der Waals surface area contributed by atoms with E-state index in [4.69, 9.17) is 9.05 Å². The van der Waals surface area contributed by atoms with Crippen LogP contribution in [0.5, 0.6) is 0 Å². The third-order valence-corrected chi connectivity index (χ3v) is 16.8. The number of allylic oxidation sites excluding steroid dienone is 5. The van der Waals surface area contributed by atoms with Crippen molar-refractivity contribution in [2.75, 3.05) is 40.9 Å². The Labute approximate surface area is 487 Å². The Bertz CT molecular complexity index is 1360. The molecule has 3 atom stereocenters. The third kappa shape index (κ3) is 62.3. The van der Waals surface area contributed by atoms with Crippen molar-refractivity contribution < 1.29 is 32.9 Å². The van der Waals surface area contributed by atoms with E-state index in [2.05, 4.69) is 43.5 Å². The number of phosphoric ester groups is 1. The molecule has 0 aromatic rings. The number of phosphoric acid groups is 1. The minimum atomic E-state index is -4.61. The van der Waals surface area contributed by atoms with E-state index in [9.17, 15) is 19.4 Å². The second-order valence-electron chi connectivity index (χ2n) is 24.9. The number of likely N-dealkylation sites (N-methyl/N-ethyl adjacent to an activating group) is 1. The standard InChI is InChI=1S/C69H135N2O6P/c1-6-8-10-12-14-16-18-20-22-24-26-28-30-32-33-34-35-36-37-39-40-42-44-46-48-50-52-54-56-58-60-62-68(72)67(66-77-78(74,75)76-65-64-71(3,4)5)70-69(73)63-61-59-57-55-53-51-49-47-45-43-41-38-31-29-27-25-23-21-19-17-15-13-11-9-7-2/h44,46,52,54,60,62,67-68,72H,6-43,45,47-51,53,55-59,61,63-66H2,1-5H3,(H-,70,73,74,75)/b46-44+,54-52+,62-60+. The van der Waals surface area contributed by atoms with Gasteiger partial charge >= 0.3 is 0 Å². The molecular formula is C69H135N2O6P. The lowest BCUT2D eigenvalue weighted by atomic mass is 10.0. The van der Waals surface area contributed by atoms with Crippen LogP contribution in [0.15, 0.2) is 36.5 Å². The summed E-state index contributed by atoms with van der Waals surface area (Å²) in [5.41, 5.74) is 0. The fourth-order valence-corrected chi connectivity index (χ4v) is 11.2. The Hall–Kier alpha value is -1.28. The van der Waals surface area contributed by atoms with Gasteiger partial charge in [0.1, 0.15) is 13.2 Å². The molecule has 3 unspecified atom stereocenters. The zero-order chi connectivity index (χ0) is 57.0.